The first kappa shape index (κ1) is 18.4. The van der Waals surface area contributed by atoms with Crippen LogP contribution in [-0.2, 0) is 5.41 Å². The van der Waals surface area contributed by atoms with Gasteiger partial charge >= 0.3 is 0 Å². The zero-order valence-electron chi connectivity index (χ0n) is 12.9. The Morgan fingerprint density at radius 3 is 1.68 bits per heavy atom. The van der Waals surface area contributed by atoms with Crippen LogP contribution in [0.25, 0.3) is 0 Å². The molecule has 0 saturated heterocycles. The van der Waals surface area contributed by atoms with Crippen molar-refractivity contribution in [3.8, 4) is 0 Å². The van der Waals surface area contributed by atoms with Gasteiger partial charge in [0.05, 0.1) is 12.1 Å². The molecular weight excluding hydrogens is 258 g/mol. The van der Waals surface area contributed by atoms with Crippen molar-refractivity contribution in [2.24, 2.45) is 11.1 Å². The van der Waals surface area contributed by atoms with E-state index in [1.807, 2.05) is 32.9 Å². The highest BCUT2D eigenvalue weighted by Crippen LogP contribution is 2.30. The summed E-state index contributed by atoms with van der Waals surface area (Å²) < 4.78 is 0. The number of nitrogens with two attached hydrogens (primary N) is 1. The summed E-state index contributed by atoms with van der Waals surface area (Å²) >= 11 is 0. The quantitative estimate of drug-likeness (QED) is 0.868. The fourth-order valence-corrected chi connectivity index (χ4v) is 1.93. The summed E-state index contributed by atoms with van der Waals surface area (Å²) in [6, 6.07) is 7.93. The van der Waals surface area contributed by atoms with Gasteiger partial charge in [-0.15, -0.1) is 12.4 Å². The summed E-state index contributed by atoms with van der Waals surface area (Å²) in [4.78, 5) is 0. The predicted molar refractivity (Wildman–Crippen MR) is 84.8 cm³/mol. The van der Waals surface area contributed by atoms with Gasteiger partial charge in [-0.1, -0.05) is 65.8 Å². The van der Waals surface area contributed by atoms with Gasteiger partial charge in [0, 0.05) is 0 Å². The second-order valence-electron chi connectivity index (χ2n) is 7.21. The zero-order chi connectivity index (χ0) is 14.1. The van der Waals surface area contributed by atoms with Crippen LogP contribution in [0, 0.1) is 5.41 Å². The van der Waals surface area contributed by atoms with Gasteiger partial charge in [0.25, 0.3) is 0 Å². The third kappa shape index (κ3) is 4.79. The van der Waals surface area contributed by atoms with E-state index in [0.717, 1.165) is 5.56 Å². The van der Waals surface area contributed by atoms with Crippen molar-refractivity contribution < 1.29 is 5.11 Å². The summed E-state index contributed by atoms with van der Waals surface area (Å²) in [6.45, 7) is 12.6. The molecule has 0 aliphatic heterocycles. The second-order valence-corrected chi connectivity index (χ2v) is 7.21. The van der Waals surface area contributed by atoms with Crippen LogP contribution in [0.15, 0.2) is 24.3 Å². The smallest absolute Gasteiger partial charge is 0.0780 e. The maximum atomic E-state index is 10.2. The van der Waals surface area contributed by atoms with Crippen LogP contribution in [-0.4, -0.2) is 11.2 Å². The molecular formula is C16H28ClNO. The minimum atomic E-state index is -0.544. The Bertz CT molecular complexity index is 387. The number of aliphatic hydroxyl groups excluding tert-OH is 1. The average Bonchev–Trinajstić information content (AvgIpc) is 2.25. The maximum absolute atomic E-state index is 10.2. The molecule has 2 nitrogen and oxygen atoms in total. The number of hydrogen-bond donors (Lipinski definition) is 2. The molecule has 0 spiro atoms. The number of rotatable bonds is 2. The molecule has 2 atom stereocenters. The molecule has 0 fully saturated rings. The maximum Gasteiger partial charge on any atom is 0.0780 e. The molecule has 3 N–H and O–H groups in total. The molecule has 0 heterocycles. The Labute approximate surface area is 123 Å². The van der Waals surface area contributed by atoms with Crippen molar-refractivity contribution in [2.75, 3.05) is 0 Å². The van der Waals surface area contributed by atoms with Crippen molar-refractivity contribution in [3.05, 3.63) is 35.4 Å². The zero-order valence-corrected chi connectivity index (χ0v) is 13.7. The summed E-state index contributed by atoms with van der Waals surface area (Å²) in [7, 11) is 0. The van der Waals surface area contributed by atoms with Gasteiger partial charge in [0.1, 0.15) is 0 Å². The van der Waals surface area contributed by atoms with Gasteiger partial charge < -0.3 is 10.8 Å². The third-order valence-corrected chi connectivity index (χ3v) is 3.39. The first-order chi connectivity index (χ1) is 8.03. The topological polar surface area (TPSA) is 46.2 Å². The fourth-order valence-electron chi connectivity index (χ4n) is 1.93. The van der Waals surface area contributed by atoms with E-state index in [4.69, 9.17) is 5.73 Å². The van der Waals surface area contributed by atoms with Crippen LogP contribution in [0.2, 0.25) is 0 Å². The Kier molecular flexibility index (Phi) is 6.07. The highest BCUT2D eigenvalue weighted by atomic mass is 35.5. The van der Waals surface area contributed by atoms with E-state index in [-0.39, 0.29) is 29.3 Å². The Balaban J connectivity index is 0.00000324. The van der Waals surface area contributed by atoms with Gasteiger partial charge in [-0.2, -0.15) is 0 Å². The van der Waals surface area contributed by atoms with E-state index in [1.54, 1.807) is 0 Å². The Morgan fingerprint density at radius 1 is 0.947 bits per heavy atom. The minimum absolute atomic E-state index is 0. The molecule has 0 aliphatic carbocycles. The lowest BCUT2D eigenvalue weighted by Crippen LogP contribution is -2.37. The van der Waals surface area contributed by atoms with Gasteiger partial charge in [-0.25, -0.2) is 0 Å². The number of hydrogen-bond acceptors (Lipinski definition) is 2. The molecule has 1 aromatic rings. The van der Waals surface area contributed by atoms with Crippen LogP contribution in [0.4, 0.5) is 0 Å². The third-order valence-electron chi connectivity index (χ3n) is 3.39. The fraction of sp³-hybridized carbons (Fsp3) is 0.625. The van der Waals surface area contributed by atoms with Crippen molar-refractivity contribution in [1.29, 1.82) is 0 Å². The van der Waals surface area contributed by atoms with Crippen molar-refractivity contribution in [3.63, 3.8) is 0 Å². The molecule has 0 amide bonds. The number of aliphatic hydroxyl groups is 1. The van der Waals surface area contributed by atoms with Crippen LogP contribution in [0.3, 0.4) is 0 Å². The molecule has 0 unspecified atom stereocenters. The van der Waals surface area contributed by atoms with Gasteiger partial charge in [-0.3, -0.25) is 0 Å². The van der Waals surface area contributed by atoms with E-state index in [2.05, 4.69) is 32.9 Å². The largest absolute Gasteiger partial charge is 0.391 e. The minimum Gasteiger partial charge on any atom is -0.391 e. The monoisotopic (exact) mass is 285 g/mol. The molecule has 0 aromatic heterocycles. The average molecular weight is 286 g/mol. The summed E-state index contributed by atoms with van der Waals surface area (Å²) in [5.74, 6) is 0. The van der Waals surface area contributed by atoms with E-state index < -0.39 is 6.10 Å². The summed E-state index contributed by atoms with van der Waals surface area (Å²) in [5.41, 5.74) is 8.34. The lowest BCUT2D eigenvalue weighted by molar-refractivity contribution is 0.0401. The summed E-state index contributed by atoms with van der Waals surface area (Å²) in [6.07, 6.45) is -0.544. The lowest BCUT2D eigenvalue weighted by atomic mass is 9.81. The molecule has 110 valence electrons. The van der Waals surface area contributed by atoms with Gasteiger partial charge in [-0.05, 0) is 22.0 Å². The number of benzene rings is 1. The van der Waals surface area contributed by atoms with Gasteiger partial charge in [0.2, 0.25) is 0 Å². The molecule has 1 rings (SSSR count). The van der Waals surface area contributed by atoms with Crippen LogP contribution < -0.4 is 5.73 Å². The number of halogens is 1. The normalized spacial score (nSPS) is 15.6. The van der Waals surface area contributed by atoms with Crippen molar-refractivity contribution in [1.82, 2.24) is 0 Å². The molecule has 1 aromatic carbocycles. The second kappa shape index (κ2) is 6.25. The van der Waals surface area contributed by atoms with Crippen molar-refractivity contribution >= 4 is 12.4 Å². The van der Waals surface area contributed by atoms with Gasteiger partial charge in [0.15, 0.2) is 0 Å². The molecule has 3 heteroatoms. The predicted octanol–water partition coefficient (Wildman–Crippen LogP) is 3.81. The molecule has 0 saturated carbocycles. The first-order valence-corrected chi connectivity index (χ1v) is 6.57. The van der Waals surface area contributed by atoms with Crippen LogP contribution in [0.5, 0.6) is 0 Å². The lowest BCUT2D eigenvalue weighted by Gasteiger charge is -2.31. The molecule has 0 radical (unpaired) electrons. The van der Waals surface area contributed by atoms with E-state index in [0.29, 0.717) is 0 Å². The standard InChI is InChI=1S/C16H27NO.ClH/c1-15(2,3)12-9-7-11(8-10-12)13(17)14(18)16(4,5)6;/h7-10,13-14,18H,17H2,1-6H3;1H/t13-,14-;/m0./s1. The van der Waals surface area contributed by atoms with E-state index in [9.17, 15) is 5.11 Å². The highest BCUT2D eigenvalue weighted by molar-refractivity contribution is 5.85. The first-order valence-electron chi connectivity index (χ1n) is 6.57. The summed E-state index contributed by atoms with van der Waals surface area (Å²) in [5, 5.41) is 10.2. The van der Waals surface area contributed by atoms with E-state index in [1.165, 1.54) is 5.56 Å². The Hall–Kier alpha value is -0.570. The highest BCUT2D eigenvalue weighted by Gasteiger charge is 2.29. The van der Waals surface area contributed by atoms with Crippen LogP contribution in [0.1, 0.15) is 58.7 Å². The van der Waals surface area contributed by atoms with E-state index >= 15 is 0 Å². The van der Waals surface area contributed by atoms with Crippen molar-refractivity contribution in [2.45, 2.75) is 59.1 Å². The Morgan fingerprint density at radius 2 is 1.37 bits per heavy atom. The van der Waals surface area contributed by atoms with Crippen LogP contribution >= 0.6 is 12.4 Å². The molecule has 0 aliphatic rings. The molecule has 19 heavy (non-hydrogen) atoms. The molecule has 0 bridgehead atoms. The SMILES string of the molecule is CC(C)(C)c1ccc([C@H](N)[C@H](O)C(C)(C)C)cc1.Cl.